The molecule has 19 heavy (non-hydrogen) atoms. The fourth-order valence-electron chi connectivity index (χ4n) is 2.62. The Morgan fingerprint density at radius 3 is 3.21 bits per heavy atom. The van der Waals surface area contributed by atoms with Gasteiger partial charge in [0.15, 0.2) is 5.65 Å². The molecule has 1 aliphatic heterocycles. The summed E-state index contributed by atoms with van der Waals surface area (Å²) in [6, 6.07) is 3.90. The second-order valence-electron chi connectivity index (χ2n) is 5.10. The molecule has 0 radical (unpaired) electrons. The van der Waals surface area contributed by atoms with Gasteiger partial charge in [-0.1, -0.05) is 0 Å². The van der Waals surface area contributed by atoms with Crippen LogP contribution in [-0.2, 0) is 11.3 Å². The Labute approximate surface area is 117 Å². The van der Waals surface area contributed by atoms with Gasteiger partial charge in [-0.25, -0.2) is 9.97 Å². The second kappa shape index (κ2) is 5.47. The largest absolute Gasteiger partial charge is 0.381 e. The van der Waals surface area contributed by atoms with E-state index in [1.54, 1.807) is 0 Å². The van der Waals surface area contributed by atoms with Crippen LogP contribution < -0.4 is 0 Å². The summed E-state index contributed by atoms with van der Waals surface area (Å²) in [4.78, 5) is 9.03. The average Bonchev–Trinajstić information content (AvgIpc) is 3.03. The lowest BCUT2D eigenvalue weighted by Gasteiger charge is -2.12. The van der Waals surface area contributed by atoms with Crippen molar-refractivity contribution in [2.24, 2.45) is 5.92 Å². The molecule has 4 nitrogen and oxygen atoms in total. The molecule has 3 rings (SSSR count). The maximum absolute atomic E-state index is 6.24. The summed E-state index contributed by atoms with van der Waals surface area (Å²) in [6.45, 7) is 4.64. The molecule has 0 aliphatic carbocycles. The summed E-state index contributed by atoms with van der Waals surface area (Å²) >= 11 is 6.24. The van der Waals surface area contributed by atoms with Crippen LogP contribution in [0, 0.1) is 5.92 Å². The molecule has 0 bridgehead atoms. The van der Waals surface area contributed by atoms with Crippen LogP contribution in [0.5, 0.6) is 0 Å². The number of rotatable bonds is 4. The molecule has 0 N–H and O–H groups in total. The van der Waals surface area contributed by atoms with Crippen LogP contribution in [0.15, 0.2) is 18.3 Å². The molecule has 0 saturated carbocycles. The van der Waals surface area contributed by atoms with Crippen LogP contribution in [0.25, 0.3) is 11.2 Å². The van der Waals surface area contributed by atoms with E-state index in [0.29, 0.717) is 5.92 Å². The number of hydrogen-bond acceptors (Lipinski definition) is 3. The third kappa shape index (κ3) is 2.60. The Morgan fingerprint density at radius 1 is 1.58 bits per heavy atom. The van der Waals surface area contributed by atoms with Gasteiger partial charge >= 0.3 is 0 Å². The van der Waals surface area contributed by atoms with Gasteiger partial charge in [0.1, 0.15) is 11.3 Å². The molecule has 0 amide bonds. The first-order chi connectivity index (χ1) is 9.25. The molecule has 0 spiro atoms. The van der Waals surface area contributed by atoms with E-state index < -0.39 is 0 Å². The molecular formula is C14H18ClN3O. The van der Waals surface area contributed by atoms with Crippen LogP contribution in [0.4, 0.5) is 0 Å². The normalized spacial score (nSPS) is 21.1. The van der Waals surface area contributed by atoms with Gasteiger partial charge in [0.25, 0.3) is 0 Å². The molecule has 102 valence electrons. The number of imidazole rings is 1. The maximum Gasteiger partial charge on any atom is 0.160 e. The van der Waals surface area contributed by atoms with Crippen molar-refractivity contribution in [3.05, 3.63) is 24.2 Å². The van der Waals surface area contributed by atoms with E-state index in [1.165, 1.54) is 0 Å². The molecule has 2 aromatic rings. The van der Waals surface area contributed by atoms with E-state index in [0.717, 1.165) is 49.6 Å². The minimum Gasteiger partial charge on any atom is -0.381 e. The summed E-state index contributed by atoms with van der Waals surface area (Å²) in [6.07, 6.45) is 4.06. The van der Waals surface area contributed by atoms with Crippen LogP contribution in [0.1, 0.15) is 31.0 Å². The fourth-order valence-corrected chi connectivity index (χ4v) is 2.79. The average molecular weight is 280 g/mol. The van der Waals surface area contributed by atoms with Crippen molar-refractivity contribution in [2.45, 2.75) is 31.7 Å². The van der Waals surface area contributed by atoms with Crippen molar-refractivity contribution < 1.29 is 4.74 Å². The Hall–Kier alpha value is -1.13. The lowest BCUT2D eigenvalue weighted by Crippen LogP contribution is -2.10. The molecule has 2 atom stereocenters. The van der Waals surface area contributed by atoms with Crippen LogP contribution in [0.3, 0.4) is 0 Å². The number of hydrogen-bond donors (Lipinski definition) is 0. The van der Waals surface area contributed by atoms with Crippen molar-refractivity contribution >= 4 is 22.8 Å². The number of ether oxygens (including phenoxy) is 1. The Morgan fingerprint density at radius 2 is 2.47 bits per heavy atom. The van der Waals surface area contributed by atoms with Gasteiger partial charge in [0.05, 0.1) is 5.38 Å². The van der Waals surface area contributed by atoms with Crippen LogP contribution in [0.2, 0.25) is 0 Å². The molecule has 2 aromatic heterocycles. The van der Waals surface area contributed by atoms with E-state index >= 15 is 0 Å². The minimum absolute atomic E-state index is 0.103. The van der Waals surface area contributed by atoms with Crippen molar-refractivity contribution in [2.75, 3.05) is 13.2 Å². The summed E-state index contributed by atoms with van der Waals surface area (Å²) in [5.41, 5.74) is 1.86. The van der Waals surface area contributed by atoms with Crippen LogP contribution in [-0.4, -0.2) is 27.7 Å². The smallest absolute Gasteiger partial charge is 0.160 e. The molecule has 5 heteroatoms. The Bertz CT molecular complexity index is 561. The maximum atomic E-state index is 6.24. The first-order valence-corrected chi connectivity index (χ1v) is 7.22. The SMILES string of the molecule is CC(Cl)c1nc2cccnc2n1CCC1CCOC1. The minimum atomic E-state index is -0.103. The predicted octanol–water partition coefficient (Wildman–Crippen LogP) is 3.16. The summed E-state index contributed by atoms with van der Waals surface area (Å²) in [5, 5.41) is -0.103. The number of halogens is 1. The van der Waals surface area contributed by atoms with E-state index in [9.17, 15) is 0 Å². The zero-order chi connectivity index (χ0) is 13.2. The summed E-state index contributed by atoms with van der Waals surface area (Å²) in [5.74, 6) is 1.56. The highest BCUT2D eigenvalue weighted by Crippen LogP contribution is 2.25. The van der Waals surface area contributed by atoms with E-state index in [1.807, 2.05) is 25.3 Å². The van der Waals surface area contributed by atoms with E-state index in [2.05, 4.69) is 14.5 Å². The highest BCUT2D eigenvalue weighted by Gasteiger charge is 2.19. The van der Waals surface area contributed by atoms with Gasteiger partial charge in [-0.05, 0) is 37.8 Å². The highest BCUT2D eigenvalue weighted by atomic mass is 35.5. The quantitative estimate of drug-likeness (QED) is 0.807. The van der Waals surface area contributed by atoms with Gasteiger partial charge in [-0.15, -0.1) is 11.6 Å². The number of aryl methyl sites for hydroxylation is 1. The van der Waals surface area contributed by atoms with Crippen molar-refractivity contribution in [3.8, 4) is 0 Å². The number of aromatic nitrogens is 3. The topological polar surface area (TPSA) is 39.9 Å². The zero-order valence-corrected chi connectivity index (χ0v) is 11.8. The van der Waals surface area contributed by atoms with Gasteiger partial charge in [0, 0.05) is 26.0 Å². The molecule has 0 aromatic carbocycles. The lowest BCUT2D eigenvalue weighted by atomic mass is 10.1. The van der Waals surface area contributed by atoms with Crippen molar-refractivity contribution in [1.29, 1.82) is 0 Å². The van der Waals surface area contributed by atoms with Crippen molar-refractivity contribution in [3.63, 3.8) is 0 Å². The first-order valence-electron chi connectivity index (χ1n) is 6.78. The van der Waals surface area contributed by atoms with Gasteiger partial charge < -0.3 is 9.30 Å². The molecule has 2 unspecified atom stereocenters. The Kier molecular flexibility index (Phi) is 3.71. The van der Waals surface area contributed by atoms with Crippen LogP contribution >= 0.6 is 11.6 Å². The van der Waals surface area contributed by atoms with Gasteiger partial charge in [0.2, 0.25) is 0 Å². The molecule has 3 heterocycles. The van der Waals surface area contributed by atoms with Gasteiger partial charge in [-0.3, -0.25) is 0 Å². The summed E-state index contributed by atoms with van der Waals surface area (Å²) in [7, 11) is 0. The monoisotopic (exact) mass is 279 g/mol. The van der Waals surface area contributed by atoms with Crippen molar-refractivity contribution in [1.82, 2.24) is 14.5 Å². The molecule has 1 saturated heterocycles. The molecule has 1 aliphatic rings. The molecular weight excluding hydrogens is 262 g/mol. The highest BCUT2D eigenvalue weighted by molar-refractivity contribution is 6.20. The second-order valence-corrected chi connectivity index (χ2v) is 5.76. The zero-order valence-electron chi connectivity index (χ0n) is 11.1. The van der Waals surface area contributed by atoms with E-state index in [-0.39, 0.29) is 5.38 Å². The van der Waals surface area contributed by atoms with Gasteiger partial charge in [-0.2, -0.15) is 0 Å². The Balaban J connectivity index is 1.88. The molecule has 1 fully saturated rings. The third-order valence-corrected chi connectivity index (χ3v) is 3.87. The number of alkyl halides is 1. The summed E-state index contributed by atoms with van der Waals surface area (Å²) < 4.78 is 7.58. The lowest BCUT2D eigenvalue weighted by molar-refractivity contribution is 0.183. The first kappa shape index (κ1) is 12.9. The number of nitrogens with zero attached hydrogens (tertiary/aromatic N) is 3. The predicted molar refractivity (Wildman–Crippen MR) is 75.3 cm³/mol. The fraction of sp³-hybridized carbons (Fsp3) is 0.571. The third-order valence-electron chi connectivity index (χ3n) is 3.67. The number of fused-ring (bicyclic) bond motifs is 1. The number of pyridine rings is 1. The van der Waals surface area contributed by atoms with E-state index in [4.69, 9.17) is 16.3 Å². The standard InChI is InChI=1S/C14H18ClN3O/c1-10(15)13-17-12-3-2-6-16-14(12)18(13)7-4-11-5-8-19-9-11/h2-3,6,10-11H,4-5,7-9H2,1H3.